The monoisotopic (exact) mass is 290 g/mol. The lowest BCUT2D eigenvalue weighted by molar-refractivity contribution is 0.307. The highest BCUT2D eigenvalue weighted by atomic mass is 35.5. The fourth-order valence-corrected chi connectivity index (χ4v) is 2.83. The van der Waals surface area contributed by atoms with Crippen LogP contribution in [-0.4, -0.2) is 4.98 Å². The van der Waals surface area contributed by atoms with E-state index in [2.05, 4.69) is 4.98 Å². The van der Waals surface area contributed by atoms with Gasteiger partial charge in [0.25, 0.3) is 0 Å². The number of nitrogens with two attached hydrogens (primary N) is 1. The molecule has 0 saturated heterocycles. The number of ether oxygens (including phenoxy) is 1. The van der Waals surface area contributed by atoms with E-state index < -0.39 is 0 Å². The number of benzene rings is 2. The Morgan fingerprint density at radius 1 is 1.21 bits per heavy atom. The van der Waals surface area contributed by atoms with Crippen LogP contribution >= 0.6 is 22.9 Å². The number of halogens is 1. The smallest absolute Gasteiger partial charge is 0.142 e. The van der Waals surface area contributed by atoms with Crippen molar-refractivity contribution in [1.29, 1.82) is 0 Å². The van der Waals surface area contributed by atoms with Gasteiger partial charge in [-0.05, 0) is 30.3 Å². The number of hydrogen-bond donors (Lipinski definition) is 1. The molecule has 0 radical (unpaired) electrons. The summed E-state index contributed by atoms with van der Waals surface area (Å²) in [5.74, 6) is 0.628. The Bertz CT molecular complexity index is 693. The lowest BCUT2D eigenvalue weighted by Gasteiger charge is -2.07. The molecule has 0 bridgehead atoms. The zero-order valence-electron chi connectivity index (χ0n) is 9.97. The molecule has 0 aliphatic rings. The van der Waals surface area contributed by atoms with Gasteiger partial charge in [-0.1, -0.05) is 23.7 Å². The Morgan fingerprint density at radius 2 is 2.05 bits per heavy atom. The zero-order chi connectivity index (χ0) is 13.2. The van der Waals surface area contributed by atoms with Gasteiger partial charge in [-0.25, -0.2) is 4.98 Å². The van der Waals surface area contributed by atoms with Gasteiger partial charge in [0, 0.05) is 5.02 Å². The number of aromatic nitrogens is 1. The summed E-state index contributed by atoms with van der Waals surface area (Å²) in [6.45, 7) is 0.408. The molecule has 3 rings (SSSR count). The molecule has 3 aromatic rings. The fraction of sp³-hybridized carbons (Fsp3) is 0.0714. The Balaban J connectivity index is 1.78. The molecule has 0 saturated carbocycles. The van der Waals surface area contributed by atoms with E-state index in [1.165, 1.54) is 0 Å². The summed E-state index contributed by atoms with van der Waals surface area (Å²) < 4.78 is 6.83. The van der Waals surface area contributed by atoms with Gasteiger partial charge in [-0.15, -0.1) is 11.3 Å². The summed E-state index contributed by atoms with van der Waals surface area (Å²) in [6.07, 6.45) is 0. The van der Waals surface area contributed by atoms with E-state index >= 15 is 0 Å². The molecule has 1 aromatic heterocycles. The van der Waals surface area contributed by atoms with E-state index in [-0.39, 0.29) is 0 Å². The number of fused-ring (bicyclic) bond motifs is 1. The molecular formula is C14H11ClN2OS. The van der Waals surface area contributed by atoms with Crippen molar-refractivity contribution in [1.82, 2.24) is 4.98 Å². The number of nitrogens with zero attached hydrogens (tertiary/aromatic N) is 1. The van der Waals surface area contributed by atoms with Crippen LogP contribution in [0.5, 0.6) is 5.75 Å². The molecule has 0 spiro atoms. The summed E-state index contributed by atoms with van der Waals surface area (Å²) in [7, 11) is 0. The van der Waals surface area contributed by atoms with Crippen molar-refractivity contribution in [3.63, 3.8) is 0 Å². The highest BCUT2D eigenvalue weighted by molar-refractivity contribution is 7.18. The van der Waals surface area contributed by atoms with Gasteiger partial charge >= 0.3 is 0 Å². The number of rotatable bonds is 3. The normalized spacial score (nSPS) is 10.8. The van der Waals surface area contributed by atoms with E-state index in [9.17, 15) is 0 Å². The first-order valence-corrected chi connectivity index (χ1v) is 6.94. The van der Waals surface area contributed by atoms with Crippen molar-refractivity contribution >= 4 is 38.8 Å². The summed E-state index contributed by atoms with van der Waals surface area (Å²) in [6, 6.07) is 13.2. The summed E-state index contributed by atoms with van der Waals surface area (Å²) in [4.78, 5) is 4.50. The van der Waals surface area contributed by atoms with Crippen molar-refractivity contribution in [2.24, 2.45) is 0 Å². The minimum Gasteiger partial charge on any atom is -0.484 e. The summed E-state index contributed by atoms with van der Waals surface area (Å²) in [5.41, 5.74) is 7.37. The van der Waals surface area contributed by atoms with Gasteiger partial charge in [-0.3, -0.25) is 0 Å². The highest BCUT2D eigenvalue weighted by Gasteiger charge is 2.06. The molecule has 1 heterocycles. The largest absolute Gasteiger partial charge is 0.484 e. The third kappa shape index (κ3) is 2.64. The highest BCUT2D eigenvalue weighted by Crippen LogP contribution is 2.27. The Hall–Kier alpha value is -1.78. The molecule has 0 amide bonds. The Kier molecular flexibility index (Phi) is 3.27. The first kappa shape index (κ1) is 12.3. The van der Waals surface area contributed by atoms with Crippen LogP contribution in [0.15, 0.2) is 42.5 Å². The molecule has 2 aromatic carbocycles. The maximum atomic E-state index is 5.84. The van der Waals surface area contributed by atoms with Crippen LogP contribution in [-0.2, 0) is 6.61 Å². The molecule has 0 aliphatic heterocycles. The molecule has 0 aliphatic carbocycles. The van der Waals surface area contributed by atoms with Crippen LogP contribution < -0.4 is 10.5 Å². The van der Waals surface area contributed by atoms with Crippen LogP contribution in [0.3, 0.4) is 0 Å². The SMILES string of the molecule is Nc1cc(Cl)ccc1OCc1nc2ccccc2s1. The average Bonchev–Trinajstić information content (AvgIpc) is 2.80. The Labute approximate surface area is 119 Å². The van der Waals surface area contributed by atoms with E-state index in [4.69, 9.17) is 22.1 Å². The molecule has 2 N–H and O–H groups in total. The quantitative estimate of drug-likeness (QED) is 0.738. The molecule has 19 heavy (non-hydrogen) atoms. The minimum atomic E-state index is 0.408. The summed E-state index contributed by atoms with van der Waals surface area (Å²) in [5, 5.41) is 1.53. The van der Waals surface area contributed by atoms with Crippen LogP contribution in [0.1, 0.15) is 5.01 Å². The average molecular weight is 291 g/mol. The molecule has 0 atom stereocenters. The van der Waals surface area contributed by atoms with Crippen molar-refractivity contribution in [3.8, 4) is 5.75 Å². The van der Waals surface area contributed by atoms with Gasteiger partial charge in [0.15, 0.2) is 0 Å². The van der Waals surface area contributed by atoms with Crippen LogP contribution in [0.25, 0.3) is 10.2 Å². The lowest BCUT2D eigenvalue weighted by atomic mass is 10.3. The number of hydrogen-bond acceptors (Lipinski definition) is 4. The Morgan fingerprint density at radius 3 is 2.84 bits per heavy atom. The standard InChI is InChI=1S/C14H11ClN2OS/c15-9-5-6-12(10(16)7-9)18-8-14-17-11-3-1-2-4-13(11)19-14/h1-7H,8,16H2. The molecule has 5 heteroatoms. The first-order valence-electron chi connectivity index (χ1n) is 5.74. The van der Waals surface area contributed by atoms with Crippen LogP contribution in [0.4, 0.5) is 5.69 Å². The molecule has 0 unspecified atom stereocenters. The maximum Gasteiger partial charge on any atom is 0.142 e. The third-order valence-electron chi connectivity index (χ3n) is 2.66. The second kappa shape index (κ2) is 5.07. The topological polar surface area (TPSA) is 48.1 Å². The van der Waals surface area contributed by atoms with Gasteiger partial charge in [0.1, 0.15) is 17.4 Å². The van der Waals surface area contributed by atoms with Crippen molar-refractivity contribution in [3.05, 3.63) is 52.5 Å². The predicted octanol–water partition coefficient (Wildman–Crippen LogP) is 4.11. The number of thiazole rings is 1. The second-order valence-electron chi connectivity index (χ2n) is 4.05. The summed E-state index contributed by atoms with van der Waals surface area (Å²) >= 11 is 7.46. The first-order chi connectivity index (χ1) is 9.22. The van der Waals surface area contributed by atoms with Crippen LogP contribution in [0.2, 0.25) is 5.02 Å². The van der Waals surface area contributed by atoms with E-state index in [1.807, 2.05) is 24.3 Å². The van der Waals surface area contributed by atoms with E-state index in [0.29, 0.717) is 23.1 Å². The van der Waals surface area contributed by atoms with E-state index in [0.717, 1.165) is 15.2 Å². The maximum absolute atomic E-state index is 5.84. The molecule has 3 nitrogen and oxygen atoms in total. The van der Waals surface area contributed by atoms with Gasteiger partial charge < -0.3 is 10.5 Å². The van der Waals surface area contributed by atoms with Gasteiger partial charge in [-0.2, -0.15) is 0 Å². The van der Waals surface area contributed by atoms with Gasteiger partial charge in [0.2, 0.25) is 0 Å². The predicted molar refractivity (Wildman–Crippen MR) is 79.8 cm³/mol. The number of nitrogen functional groups attached to an aromatic ring is 1. The second-order valence-corrected chi connectivity index (χ2v) is 5.60. The number of para-hydroxylation sites is 1. The molecular weight excluding hydrogens is 280 g/mol. The van der Waals surface area contributed by atoms with Gasteiger partial charge in [0.05, 0.1) is 15.9 Å². The minimum absolute atomic E-state index is 0.408. The number of anilines is 1. The zero-order valence-corrected chi connectivity index (χ0v) is 11.5. The van der Waals surface area contributed by atoms with Crippen molar-refractivity contribution in [2.75, 3.05) is 5.73 Å². The lowest BCUT2D eigenvalue weighted by Crippen LogP contribution is -1.98. The molecule has 96 valence electrons. The van der Waals surface area contributed by atoms with E-state index in [1.54, 1.807) is 29.5 Å². The molecule has 0 fully saturated rings. The fourth-order valence-electron chi connectivity index (χ4n) is 1.77. The third-order valence-corrected chi connectivity index (χ3v) is 3.91. The van der Waals surface area contributed by atoms with Crippen LogP contribution in [0, 0.1) is 0 Å². The van der Waals surface area contributed by atoms with Crippen molar-refractivity contribution in [2.45, 2.75) is 6.61 Å². The van der Waals surface area contributed by atoms with Crippen molar-refractivity contribution < 1.29 is 4.74 Å².